The molecule has 1 N–H and O–H groups in total. The van der Waals surface area contributed by atoms with Gasteiger partial charge in [-0.1, -0.05) is 24.3 Å². The van der Waals surface area contributed by atoms with Crippen LogP contribution in [0.2, 0.25) is 0 Å². The molecule has 1 amide bonds. The number of carbonyl (C=O) groups excluding carboxylic acids is 1. The van der Waals surface area contributed by atoms with Crippen molar-refractivity contribution in [3.63, 3.8) is 0 Å². The van der Waals surface area contributed by atoms with Crippen LogP contribution in [0.3, 0.4) is 0 Å². The van der Waals surface area contributed by atoms with Crippen molar-refractivity contribution in [3.8, 4) is 5.75 Å². The average molecular weight is 274 g/mol. The van der Waals surface area contributed by atoms with Gasteiger partial charge in [0.05, 0.1) is 5.71 Å². The highest BCUT2D eigenvalue weighted by atomic mass is 32.1. The topological polar surface area (TPSA) is 50.7 Å². The molecular formula is C14H14N2O2S. The number of amides is 1. The first-order valence-electron chi connectivity index (χ1n) is 5.80. The molecule has 0 aliphatic heterocycles. The first-order chi connectivity index (χ1) is 9.25. The Hall–Kier alpha value is -2.14. The highest BCUT2D eigenvalue weighted by molar-refractivity contribution is 7.12. The van der Waals surface area contributed by atoms with Crippen LogP contribution in [0.25, 0.3) is 0 Å². The fraction of sp³-hybridized carbons (Fsp3) is 0.143. The molecular weight excluding hydrogens is 260 g/mol. The molecule has 0 spiro atoms. The minimum Gasteiger partial charge on any atom is -0.484 e. The van der Waals surface area contributed by atoms with Crippen LogP contribution in [-0.2, 0) is 4.79 Å². The number of nitrogens with one attached hydrogen (secondary N) is 1. The number of hydrogen-bond acceptors (Lipinski definition) is 4. The monoisotopic (exact) mass is 274 g/mol. The van der Waals surface area contributed by atoms with Gasteiger partial charge in [0.15, 0.2) is 6.61 Å². The molecule has 2 aromatic rings. The summed E-state index contributed by atoms with van der Waals surface area (Å²) < 4.78 is 5.31. The lowest BCUT2D eigenvalue weighted by Crippen LogP contribution is -2.25. The quantitative estimate of drug-likeness (QED) is 0.673. The van der Waals surface area contributed by atoms with Crippen LogP contribution in [0.4, 0.5) is 0 Å². The van der Waals surface area contributed by atoms with Gasteiger partial charge in [-0.25, -0.2) is 5.43 Å². The van der Waals surface area contributed by atoms with Gasteiger partial charge in [0.1, 0.15) is 5.75 Å². The van der Waals surface area contributed by atoms with Gasteiger partial charge in [0.2, 0.25) is 0 Å². The molecule has 98 valence electrons. The second-order valence-electron chi connectivity index (χ2n) is 3.81. The molecule has 0 aliphatic rings. The van der Waals surface area contributed by atoms with E-state index in [0.717, 1.165) is 10.6 Å². The number of para-hydroxylation sites is 1. The molecule has 1 heterocycles. The lowest BCUT2D eigenvalue weighted by Gasteiger charge is -2.04. The number of rotatable bonds is 5. The van der Waals surface area contributed by atoms with Crippen LogP contribution in [0.5, 0.6) is 5.75 Å². The van der Waals surface area contributed by atoms with Crippen molar-refractivity contribution >= 4 is 23.0 Å². The van der Waals surface area contributed by atoms with Crippen molar-refractivity contribution in [1.82, 2.24) is 5.43 Å². The third-order valence-corrected chi connectivity index (χ3v) is 3.32. The summed E-state index contributed by atoms with van der Waals surface area (Å²) in [6.07, 6.45) is 0. The normalized spacial score (nSPS) is 11.1. The van der Waals surface area contributed by atoms with Gasteiger partial charge in [-0.3, -0.25) is 4.79 Å². The summed E-state index contributed by atoms with van der Waals surface area (Å²) in [6, 6.07) is 13.1. The fourth-order valence-electron chi connectivity index (χ4n) is 1.38. The van der Waals surface area contributed by atoms with E-state index >= 15 is 0 Å². The van der Waals surface area contributed by atoms with E-state index in [9.17, 15) is 4.79 Å². The van der Waals surface area contributed by atoms with Gasteiger partial charge in [0, 0.05) is 4.88 Å². The number of ether oxygens (including phenoxy) is 1. The number of benzene rings is 1. The Bertz CT molecular complexity index is 550. The first-order valence-corrected chi connectivity index (χ1v) is 6.68. The molecule has 0 saturated carbocycles. The van der Waals surface area contributed by atoms with Crippen LogP contribution in [0.1, 0.15) is 11.8 Å². The fourth-order valence-corrected chi connectivity index (χ4v) is 2.06. The largest absolute Gasteiger partial charge is 0.484 e. The van der Waals surface area contributed by atoms with Crippen molar-refractivity contribution in [3.05, 3.63) is 52.7 Å². The Morgan fingerprint density at radius 2 is 2.05 bits per heavy atom. The van der Waals surface area contributed by atoms with Crippen LogP contribution < -0.4 is 10.2 Å². The van der Waals surface area contributed by atoms with Gasteiger partial charge >= 0.3 is 0 Å². The predicted molar refractivity (Wildman–Crippen MR) is 76.6 cm³/mol. The summed E-state index contributed by atoms with van der Waals surface area (Å²) in [4.78, 5) is 12.6. The lowest BCUT2D eigenvalue weighted by molar-refractivity contribution is -0.123. The molecule has 0 bridgehead atoms. The van der Waals surface area contributed by atoms with Gasteiger partial charge in [-0.05, 0) is 30.5 Å². The smallest absolute Gasteiger partial charge is 0.277 e. The molecule has 0 radical (unpaired) electrons. The molecule has 0 saturated heterocycles. The SMILES string of the molecule is CC(=NNC(=O)COc1ccccc1)c1cccs1. The number of thiophene rings is 1. The van der Waals surface area contributed by atoms with E-state index < -0.39 is 0 Å². The zero-order valence-electron chi connectivity index (χ0n) is 10.5. The maximum atomic E-state index is 11.6. The van der Waals surface area contributed by atoms with E-state index in [0.29, 0.717) is 5.75 Å². The van der Waals surface area contributed by atoms with Gasteiger partial charge < -0.3 is 4.74 Å². The zero-order chi connectivity index (χ0) is 13.5. The summed E-state index contributed by atoms with van der Waals surface area (Å²) in [7, 11) is 0. The van der Waals surface area contributed by atoms with E-state index in [1.54, 1.807) is 23.5 Å². The molecule has 1 aromatic heterocycles. The Balaban J connectivity index is 1.80. The number of nitrogens with zero attached hydrogens (tertiary/aromatic N) is 1. The van der Waals surface area contributed by atoms with Gasteiger partial charge in [-0.2, -0.15) is 5.10 Å². The second kappa shape index (κ2) is 6.70. The molecule has 2 rings (SSSR count). The lowest BCUT2D eigenvalue weighted by atomic mass is 10.3. The van der Waals surface area contributed by atoms with Crippen molar-refractivity contribution in [2.45, 2.75) is 6.92 Å². The highest BCUT2D eigenvalue weighted by Crippen LogP contribution is 2.09. The van der Waals surface area contributed by atoms with E-state index in [4.69, 9.17) is 4.74 Å². The Morgan fingerprint density at radius 1 is 1.26 bits per heavy atom. The van der Waals surface area contributed by atoms with Crippen LogP contribution in [-0.4, -0.2) is 18.2 Å². The average Bonchev–Trinajstić information content (AvgIpc) is 2.98. The third kappa shape index (κ3) is 4.22. The van der Waals surface area contributed by atoms with Gasteiger partial charge in [0.25, 0.3) is 5.91 Å². The van der Waals surface area contributed by atoms with Crippen molar-refractivity contribution < 1.29 is 9.53 Å². The Kier molecular flexibility index (Phi) is 4.69. The third-order valence-electron chi connectivity index (χ3n) is 2.34. The number of hydrazone groups is 1. The maximum absolute atomic E-state index is 11.6. The molecule has 0 fully saturated rings. The number of carbonyl (C=O) groups is 1. The minimum absolute atomic E-state index is 0.0504. The molecule has 4 nitrogen and oxygen atoms in total. The zero-order valence-corrected chi connectivity index (χ0v) is 11.3. The summed E-state index contributed by atoms with van der Waals surface area (Å²) >= 11 is 1.58. The van der Waals surface area contributed by atoms with Gasteiger partial charge in [-0.15, -0.1) is 11.3 Å². The minimum atomic E-state index is -0.278. The van der Waals surface area contributed by atoms with Crippen LogP contribution in [0.15, 0.2) is 52.9 Å². The highest BCUT2D eigenvalue weighted by Gasteiger charge is 2.02. The summed E-state index contributed by atoms with van der Waals surface area (Å²) in [5.41, 5.74) is 3.25. The predicted octanol–water partition coefficient (Wildman–Crippen LogP) is 2.67. The molecule has 0 atom stereocenters. The summed E-state index contributed by atoms with van der Waals surface area (Å²) in [5, 5.41) is 5.99. The van der Waals surface area contributed by atoms with Crippen molar-refractivity contribution in [1.29, 1.82) is 0 Å². The first kappa shape index (κ1) is 13.3. The summed E-state index contributed by atoms with van der Waals surface area (Å²) in [6.45, 7) is 1.80. The van der Waals surface area contributed by atoms with Crippen molar-refractivity contribution in [2.75, 3.05) is 6.61 Å². The second-order valence-corrected chi connectivity index (χ2v) is 4.76. The maximum Gasteiger partial charge on any atom is 0.277 e. The van der Waals surface area contributed by atoms with Crippen molar-refractivity contribution in [2.24, 2.45) is 5.10 Å². The van der Waals surface area contributed by atoms with E-state index in [1.807, 2.05) is 42.6 Å². The van der Waals surface area contributed by atoms with Crippen LogP contribution in [0, 0.1) is 0 Å². The van der Waals surface area contributed by atoms with E-state index in [2.05, 4.69) is 10.5 Å². The molecule has 0 aliphatic carbocycles. The van der Waals surface area contributed by atoms with E-state index in [1.165, 1.54) is 0 Å². The molecule has 5 heteroatoms. The Labute approximate surface area is 115 Å². The standard InChI is InChI=1S/C14H14N2O2S/c1-11(13-8-5-9-19-13)15-16-14(17)10-18-12-6-3-2-4-7-12/h2-9H,10H2,1H3,(H,16,17). The molecule has 1 aromatic carbocycles. The number of hydrogen-bond donors (Lipinski definition) is 1. The van der Waals surface area contributed by atoms with E-state index in [-0.39, 0.29) is 12.5 Å². The van der Waals surface area contributed by atoms with Crippen LogP contribution >= 0.6 is 11.3 Å². The molecule has 0 unspecified atom stereocenters. The summed E-state index contributed by atoms with van der Waals surface area (Å²) in [5.74, 6) is 0.386. The Morgan fingerprint density at radius 3 is 2.74 bits per heavy atom. The molecule has 19 heavy (non-hydrogen) atoms.